The molecule has 0 saturated carbocycles. The number of ether oxygens (including phenoxy) is 1. The van der Waals surface area contributed by atoms with Crippen molar-refractivity contribution in [3.8, 4) is 0 Å². The number of fused-ring (bicyclic) bond motifs is 1. The van der Waals surface area contributed by atoms with E-state index in [0.717, 1.165) is 17.0 Å². The number of nitrogens with one attached hydrogen (secondary N) is 1. The predicted octanol–water partition coefficient (Wildman–Crippen LogP) is 0.432. The molecule has 2 heterocycles. The number of nitrogens with zero attached hydrogens (tertiary/aromatic N) is 4. The Morgan fingerprint density at radius 3 is 2.81 bits per heavy atom. The van der Waals surface area contributed by atoms with E-state index >= 15 is 0 Å². The number of methoxy groups -OCH3 is 1. The third-order valence-electron chi connectivity index (χ3n) is 4.58. The van der Waals surface area contributed by atoms with Crippen molar-refractivity contribution in [2.24, 2.45) is 0 Å². The molecule has 1 aromatic heterocycles. The van der Waals surface area contributed by atoms with E-state index in [2.05, 4.69) is 15.5 Å². The van der Waals surface area contributed by atoms with Gasteiger partial charge in [-0.1, -0.05) is 24.3 Å². The van der Waals surface area contributed by atoms with E-state index in [4.69, 9.17) is 4.74 Å². The minimum atomic E-state index is -0.572. The average Bonchev–Trinajstić information content (AvgIpc) is 3.01. The van der Waals surface area contributed by atoms with E-state index in [-0.39, 0.29) is 24.8 Å². The largest absolute Gasteiger partial charge is 0.380 e. The standard InChI is InChI=1S/C18H23N5O3/c1-12-20-21-16-10-23(15(9-22(12)16)18(25)19-2)17(24)8-13-5-4-6-14(7-13)11-26-3/h4-7,15H,8-11H2,1-3H3,(H,19,25). The zero-order valence-corrected chi connectivity index (χ0v) is 15.2. The summed E-state index contributed by atoms with van der Waals surface area (Å²) in [5, 5.41) is 10.8. The van der Waals surface area contributed by atoms with Crippen molar-refractivity contribution < 1.29 is 14.3 Å². The normalized spacial score (nSPS) is 16.3. The molecule has 0 radical (unpaired) electrons. The summed E-state index contributed by atoms with van der Waals surface area (Å²) in [7, 11) is 3.21. The molecule has 1 N–H and O–H groups in total. The molecular formula is C18H23N5O3. The van der Waals surface area contributed by atoms with Crippen molar-refractivity contribution in [1.82, 2.24) is 25.0 Å². The zero-order valence-electron chi connectivity index (χ0n) is 15.2. The van der Waals surface area contributed by atoms with Crippen molar-refractivity contribution >= 4 is 11.8 Å². The van der Waals surface area contributed by atoms with Gasteiger partial charge >= 0.3 is 0 Å². The lowest BCUT2D eigenvalue weighted by atomic mass is 10.1. The Hall–Kier alpha value is -2.74. The highest BCUT2D eigenvalue weighted by Crippen LogP contribution is 2.19. The highest BCUT2D eigenvalue weighted by molar-refractivity contribution is 5.88. The Bertz CT molecular complexity index is 817. The molecule has 1 atom stereocenters. The van der Waals surface area contributed by atoms with Gasteiger partial charge in [-0.25, -0.2) is 0 Å². The Balaban J connectivity index is 1.82. The molecule has 138 valence electrons. The molecule has 1 aromatic carbocycles. The molecule has 3 rings (SSSR count). The number of hydrogen-bond acceptors (Lipinski definition) is 5. The fraction of sp³-hybridized carbons (Fsp3) is 0.444. The number of carbonyl (C=O) groups is 2. The second-order valence-electron chi connectivity index (χ2n) is 6.36. The molecule has 1 unspecified atom stereocenters. The number of rotatable bonds is 5. The van der Waals surface area contributed by atoms with E-state index in [9.17, 15) is 9.59 Å². The lowest BCUT2D eigenvalue weighted by Gasteiger charge is -2.35. The summed E-state index contributed by atoms with van der Waals surface area (Å²) in [6.45, 7) is 2.98. The van der Waals surface area contributed by atoms with Gasteiger partial charge in [-0.3, -0.25) is 9.59 Å². The van der Waals surface area contributed by atoms with Gasteiger partial charge in [0.15, 0.2) is 5.82 Å². The fourth-order valence-corrected chi connectivity index (χ4v) is 3.24. The van der Waals surface area contributed by atoms with E-state index in [0.29, 0.717) is 19.0 Å². The maximum absolute atomic E-state index is 12.9. The van der Waals surface area contributed by atoms with Gasteiger partial charge in [0, 0.05) is 14.2 Å². The molecule has 2 amide bonds. The van der Waals surface area contributed by atoms with Crippen LogP contribution in [0, 0.1) is 6.92 Å². The maximum atomic E-state index is 12.9. The number of likely N-dealkylation sites (N-methyl/N-ethyl adjacent to an activating group) is 1. The van der Waals surface area contributed by atoms with Crippen LogP contribution < -0.4 is 5.32 Å². The topological polar surface area (TPSA) is 89.4 Å². The van der Waals surface area contributed by atoms with Crippen molar-refractivity contribution in [2.45, 2.75) is 39.1 Å². The van der Waals surface area contributed by atoms with Gasteiger partial charge in [0.25, 0.3) is 0 Å². The smallest absolute Gasteiger partial charge is 0.244 e. The molecule has 8 nitrogen and oxygen atoms in total. The number of benzene rings is 1. The fourth-order valence-electron chi connectivity index (χ4n) is 3.24. The monoisotopic (exact) mass is 357 g/mol. The Kier molecular flexibility index (Phi) is 5.32. The Morgan fingerprint density at radius 1 is 1.31 bits per heavy atom. The molecule has 1 aliphatic rings. The highest BCUT2D eigenvalue weighted by Gasteiger charge is 2.35. The van der Waals surface area contributed by atoms with Crippen LogP contribution in [0.15, 0.2) is 24.3 Å². The van der Waals surface area contributed by atoms with Crippen LogP contribution in [0.1, 0.15) is 22.8 Å². The van der Waals surface area contributed by atoms with Crippen molar-refractivity contribution in [2.75, 3.05) is 14.2 Å². The third-order valence-corrected chi connectivity index (χ3v) is 4.58. The summed E-state index contributed by atoms with van der Waals surface area (Å²) in [6, 6.07) is 7.15. The average molecular weight is 357 g/mol. The molecule has 2 aromatic rings. The first-order valence-electron chi connectivity index (χ1n) is 8.50. The van der Waals surface area contributed by atoms with E-state index in [1.54, 1.807) is 19.1 Å². The first-order chi connectivity index (χ1) is 12.5. The van der Waals surface area contributed by atoms with Crippen LogP contribution >= 0.6 is 0 Å². The molecule has 8 heteroatoms. The molecule has 0 spiro atoms. The lowest BCUT2D eigenvalue weighted by molar-refractivity contribution is -0.142. The molecule has 26 heavy (non-hydrogen) atoms. The SMILES string of the molecule is CNC(=O)C1Cn2c(C)nnc2CN1C(=O)Cc1cccc(COC)c1. The second kappa shape index (κ2) is 7.65. The molecular weight excluding hydrogens is 334 g/mol. The van der Waals surface area contributed by atoms with Crippen molar-refractivity contribution in [3.63, 3.8) is 0 Å². The molecule has 0 fully saturated rings. The lowest BCUT2D eigenvalue weighted by Crippen LogP contribution is -2.54. The van der Waals surface area contributed by atoms with Crippen LogP contribution in [-0.4, -0.2) is 51.7 Å². The van der Waals surface area contributed by atoms with Gasteiger partial charge < -0.3 is 19.5 Å². The summed E-state index contributed by atoms with van der Waals surface area (Å²) < 4.78 is 7.03. The summed E-state index contributed by atoms with van der Waals surface area (Å²) in [4.78, 5) is 26.9. The van der Waals surface area contributed by atoms with Crippen LogP contribution in [0.25, 0.3) is 0 Å². The number of carbonyl (C=O) groups excluding carboxylic acids is 2. The number of aromatic nitrogens is 3. The van der Waals surface area contributed by atoms with Crippen LogP contribution in [-0.2, 0) is 40.4 Å². The van der Waals surface area contributed by atoms with E-state index < -0.39 is 6.04 Å². The summed E-state index contributed by atoms with van der Waals surface area (Å²) in [5.74, 6) is 1.14. The van der Waals surface area contributed by atoms with Gasteiger partial charge in [-0.05, 0) is 18.1 Å². The van der Waals surface area contributed by atoms with Crippen LogP contribution in [0.2, 0.25) is 0 Å². The van der Waals surface area contributed by atoms with Gasteiger partial charge in [-0.2, -0.15) is 0 Å². The molecule has 0 aliphatic carbocycles. The zero-order chi connectivity index (χ0) is 18.7. The van der Waals surface area contributed by atoms with Gasteiger partial charge in [0.1, 0.15) is 11.9 Å². The number of aryl methyl sites for hydroxylation is 1. The Morgan fingerprint density at radius 2 is 2.08 bits per heavy atom. The van der Waals surface area contributed by atoms with Gasteiger partial charge in [-0.15, -0.1) is 10.2 Å². The summed E-state index contributed by atoms with van der Waals surface area (Å²) >= 11 is 0. The summed E-state index contributed by atoms with van der Waals surface area (Å²) in [5.41, 5.74) is 1.90. The molecule has 0 bridgehead atoms. The molecule has 1 aliphatic heterocycles. The maximum Gasteiger partial charge on any atom is 0.244 e. The van der Waals surface area contributed by atoms with E-state index in [1.807, 2.05) is 35.8 Å². The van der Waals surface area contributed by atoms with E-state index in [1.165, 1.54) is 0 Å². The second-order valence-corrected chi connectivity index (χ2v) is 6.36. The van der Waals surface area contributed by atoms with Gasteiger partial charge in [0.05, 0.1) is 26.1 Å². The number of hydrogen-bond donors (Lipinski definition) is 1. The first kappa shape index (κ1) is 18.1. The summed E-state index contributed by atoms with van der Waals surface area (Å²) in [6.07, 6.45) is 0.220. The quantitative estimate of drug-likeness (QED) is 0.838. The Labute approximate surface area is 152 Å². The van der Waals surface area contributed by atoms with Crippen LogP contribution in [0.3, 0.4) is 0 Å². The minimum Gasteiger partial charge on any atom is -0.380 e. The van der Waals surface area contributed by atoms with Gasteiger partial charge in [0.2, 0.25) is 11.8 Å². The third kappa shape index (κ3) is 3.60. The molecule has 0 saturated heterocycles. The van der Waals surface area contributed by atoms with Crippen molar-refractivity contribution in [1.29, 1.82) is 0 Å². The minimum absolute atomic E-state index is 0.111. The number of amides is 2. The highest BCUT2D eigenvalue weighted by atomic mass is 16.5. The van der Waals surface area contributed by atoms with Crippen molar-refractivity contribution in [3.05, 3.63) is 47.0 Å². The van der Waals surface area contributed by atoms with Crippen LogP contribution in [0.5, 0.6) is 0 Å². The van der Waals surface area contributed by atoms with Crippen LogP contribution in [0.4, 0.5) is 0 Å². The first-order valence-corrected chi connectivity index (χ1v) is 8.50. The predicted molar refractivity (Wildman–Crippen MR) is 94.0 cm³/mol.